The first-order chi connectivity index (χ1) is 19.1. The molecule has 0 spiro atoms. The van der Waals surface area contributed by atoms with Gasteiger partial charge < -0.3 is 25.6 Å². The number of carbonyl (C=O) groups excluding carboxylic acids is 2. The number of carbonyl (C=O) groups is 3. The number of aryl methyl sites for hydroxylation is 2. The van der Waals surface area contributed by atoms with Crippen molar-refractivity contribution in [1.29, 1.82) is 0 Å². The van der Waals surface area contributed by atoms with Gasteiger partial charge in [-0.05, 0) is 98.8 Å². The van der Waals surface area contributed by atoms with E-state index in [0.717, 1.165) is 29.3 Å². The summed E-state index contributed by atoms with van der Waals surface area (Å²) >= 11 is 0. The van der Waals surface area contributed by atoms with Crippen LogP contribution in [0.4, 0.5) is 13.2 Å². The van der Waals surface area contributed by atoms with Gasteiger partial charge in [0.25, 0.3) is 5.91 Å². The Labute approximate surface area is 235 Å². The Morgan fingerprint density at radius 1 is 0.951 bits per heavy atom. The van der Waals surface area contributed by atoms with Crippen LogP contribution in [0.15, 0.2) is 60.7 Å². The predicted octanol–water partition coefficient (Wildman–Crippen LogP) is 5.32. The number of esters is 1. The maximum Gasteiger partial charge on any atom is 0.416 e. The molecule has 0 heterocycles. The molecule has 11 heteroatoms. The summed E-state index contributed by atoms with van der Waals surface area (Å²) in [7, 11) is 0. The number of amides is 1. The first-order valence-corrected chi connectivity index (χ1v) is 12.6. The largest absolute Gasteiger partial charge is 0.478 e. The van der Waals surface area contributed by atoms with E-state index in [4.69, 9.17) is 20.3 Å². The van der Waals surface area contributed by atoms with Crippen molar-refractivity contribution >= 4 is 17.8 Å². The highest BCUT2D eigenvalue weighted by atomic mass is 19.4. The molecule has 8 nitrogen and oxygen atoms in total. The summed E-state index contributed by atoms with van der Waals surface area (Å²) in [5, 5.41) is 11.8. The predicted molar refractivity (Wildman–Crippen MR) is 145 cm³/mol. The number of ether oxygens (including phenoxy) is 2. The van der Waals surface area contributed by atoms with Crippen LogP contribution in [-0.2, 0) is 33.5 Å². The number of nitrogens with one attached hydrogen (secondary N) is 1. The highest BCUT2D eigenvalue weighted by molar-refractivity contribution is 5.95. The van der Waals surface area contributed by atoms with E-state index in [9.17, 15) is 27.6 Å². The number of hydrogen-bond acceptors (Lipinski definition) is 6. The summed E-state index contributed by atoms with van der Waals surface area (Å²) < 4.78 is 49.7. The number of aliphatic carboxylic acids is 1. The molecule has 0 unspecified atom stereocenters. The van der Waals surface area contributed by atoms with Gasteiger partial charge in [0.05, 0.1) is 5.56 Å². The zero-order valence-electron chi connectivity index (χ0n) is 23.0. The molecule has 0 aromatic heterocycles. The van der Waals surface area contributed by atoms with Crippen LogP contribution in [-0.4, -0.2) is 34.6 Å². The van der Waals surface area contributed by atoms with Crippen molar-refractivity contribution in [2.75, 3.05) is 0 Å². The van der Waals surface area contributed by atoms with Crippen LogP contribution in [0.5, 0.6) is 11.5 Å². The fourth-order valence-electron chi connectivity index (χ4n) is 3.88. The van der Waals surface area contributed by atoms with Crippen molar-refractivity contribution < 1.29 is 42.1 Å². The molecule has 3 rings (SSSR count). The highest BCUT2D eigenvalue weighted by Gasteiger charge is 2.34. The lowest BCUT2D eigenvalue weighted by atomic mass is 10.0. The topological polar surface area (TPSA) is 128 Å². The van der Waals surface area contributed by atoms with Gasteiger partial charge >= 0.3 is 18.1 Å². The lowest BCUT2D eigenvalue weighted by Crippen LogP contribution is -2.43. The smallest absolute Gasteiger partial charge is 0.416 e. The van der Waals surface area contributed by atoms with Crippen LogP contribution in [0.25, 0.3) is 0 Å². The lowest BCUT2D eigenvalue weighted by Gasteiger charge is -2.22. The number of rotatable bonds is 10. The molecule has 0 aliphatic heterocycles. The summed E-state index contributed by atoms with van der Waals surface area (Å²) in [6.45, 7) is 5.92. The van der Waals surface area contributed by atoms with Gasteiger partial charge in [0.1, 0.15) is 17.5 Å². The minimum Gasteiger partial charge on any atom is -0.478 e. The number of carboxylic acids is 1. The molecule has 0 aliphatic carbocycles. The minimum atomic E-state index is -4.49. The average molecular weight is 573 g/mol. The van der Waals surface area contributed by atoms with Gasteiger partial charge in [-0.15, -0.1) is 0 Å². The summed E-state index contributed by atoms with van der Waals surface area (Å²) in [5.41, 5.74) is 6.07. The lowest BCUT2D eigenvalue weighted by molar-refractivity contribution is -0.175. The number of carboxylic acid groups (broad SMARTS) is 1. The van der Waals surface area contributed by atoms with Gasteiger partial charge in [-0.3, -0.25) is 9.59 Å². The van der Waals surface area contributed by atoms with Gasteiger partial charge in [-0.2, -0.15) is 13.2 Å². The van der Waals surface area contributed by atoms with Gasteiger partial charge in [-0.1, -0.05) is 18.2 Å². The normalized spacial score (nSPS) is 12.4. The molecule has 0 aliphatic rings. The molecule has 0 fully saturated rings. The van der Waals surface area contributed by atoms with Crippen LogP contribution in [0, 0.1) is 13.8 Å². The number of nitrogens with two attached hydrogens (primary N) is 1. The minimum absolute atomic E-state index is 0.126. The SMILES string of the molecule is Cc1cc(Oc2cccc(CNC(=O)c3ccc(C(F)(F)F)cc3C)c2)ccc1C[C@H](N)C(=O)OC(C)(C)C(=O)O. The van der Waals surface area contributed by atoms with Crippen molar-refractivity contribution in [2.45, 2.75) is 58.5 Å². The number of benzene rings is 3. The van der Waals surface area contributed by atoms with Crippen LogP contribution >= 0.6 is 0 Å². The molecule has 0 saturated carbocycles. The molecule has 3 aromatic rings. The van der Waals surface area contributed by atoms with Crippen LogP contribution in [0.1, 0.15) is 52.0 Å². The second kappa shape index (κ2) is 12.4. The fraction of sp³-hybridized carbons (Fsp3) is 0.300. The molecular formula is C30H31F3N2O6. The average Bonchev–Trinajstić information content (AvgIpc) is 2.88. The Bertz CT molecular complexity index is 1450. The van der Waals surface area contributed by atoms with Gasteiger partial charge in [0.2, 0.25) is 5.60 Å². The maximum atomic E-state index is 12.9. The molecule has 0 radical (unpaired) electrons. The molecule has 4 N–H and O–H groups in total. The van der Waals surface area contributed by atoms with E-state index >= 15 is 0 Å². The van der Waals surface area contributed by atoms with Crippen molar-refractivity contribution in [2.24, 2.45) is 5.73 Å². The Balaban J connectivity index is 1.61. The molecule has 0 saturated heterocycles. The molecule has 1 atom stereocenters. The summed E-state index contributed by atoms with van der Waals surface area (Å²) in [6, 6.07) is 14.1. The molecule has 0 bridgehead atoms. The third kappa shape index (κ3) is 8.31. The first kappa shape index (κ1) is 31.2. The Morgan fingerprint density at radius 3 is 2.24 bits per heavy atom. The maximum absolute atomic E-state index is 12.9. The van der Waals surface area contributed by atoms with Crippen molar-refractivity contribution in [1.82, 2.24) is 5.32 Å². The summed E-state index contributed by atoms with van der Waals surface area (Å²) in [4.78, 5) is 36.0. The van der Waals surface area contributed by atoms with E-state index < -0.39 is 41.2 Å². The van der Waals surface area contributed by atoms with E-state index in [1.54, 1.807) is 42.5 Å². The number of halogens is 3. The monoisotopic (exact) mass is 572 g/mol. The third-order valence-electron chi connectivity index (χ3n) is 6.31. The second-order valence-corrected chi connectivity index (χ2v) is 10.1. The Morgan fingerprint density at radius 2 is 1.63 bits per heavy atom. The Hall–Kier alpha value is -4.38. The van der Waals surface area contributed by atoms with Crippen molar-refractivity contribution in [3.8, 4) is 11.5 Å². The quantitative estimate of drug-likeness (QED) is 0.281. The number of alkyl halides is 3. The Kier molecular flexibility index (Phi) is 9.44. The zero-order chi connectivity index (χ0) is 30.5. The second-order valence-electron chi connectivity index (χ2n) is 10.1. The highest BCUT2D eigenvalue weighted by Crippen LogP contribution is 2.30. The van der Waals surface area contributed by atoms with Gasteiger partial charge in [-0.25, -0.2) is 4.79 Å². The van der Waals surface area contributed by atoms with Crippen LogP contribution in [0.3, 0.4) is 0 Å². The molecule has 218 valence electrons. The number of hydrogen-bond donors (Lipinski definition) is 3. The van der Waals surface area contributed by atoms with E-state index in [-0.39, 0.29) is 24.1 Å². The molecule has 41 heavy (non-hydrogen) atoms. The van der Waals surface area contributed by atoms with Crippen molar-refractivity contribution in [3.05, 3.63) is 94.0 Å². The van der Waals surface area contributed by atoms with E-state index in [0.29, 0.717) is 17.1 Å². The van der Waals surface area contributed by atoms with Gasteiger partial charge in [0.15, 0.2) is 0 Å². The molecule has 1 amide bonds. The van der Waals surface area contributed by atoms with E-state index in [1.807, 2.05) is 6.92 Å². The molecular weight excluding hydrogens is 541 g/mol. The third-order valence-corrected chi connectivity index (χ3v) is 6.31. The van der Waals surface area contributed by atoms with Gasteiger partial charge in [0, 0.05) is 12.1 Å². The van der Waals surface area contributed by atoms with Crippen molar-refractivity contribution in [3.63, 3.8) is 0 Å². The van der Waals surface area contributed by atoms with E-state index in [1.165, 1.54) is 20.8 Å². The van der Waals surface area contributed by atoms with E-state index in [2.05, 4.69) is 5.32 Å². The zero-order valence-corrected chi connectivity index (χ0v) is 23.0. The van der Waals surface area contributed by atoms with Crippen LogP contribution < -0.4 is 15.8 Å². The first-order valence-electron chi connectivity index (χ1n) is 12.6. The standard InChI is InChI=1S/C30H31F3N2O6/c1-17-13-23(10-8-20(17)15-25(34)27(37)41-29(3,4)28(38)39)40-22-7-5-6-19(14-22)16-35-26(36)24-11-9-21(12-18(24)2)30(31,32)33/h5-14,25H,15-16,34H2,1-4H3,(H,35,36)(H,38,39)/t25-/m0/s1. The summed E-state index contributed by atoms with van der Waals surface area (Å²) in [5.74, 6) is -1.60. The summed E-state index contributed by atoms with van der Waals surface area (Å²) in [6.07, 6.45) is -4.35. The molecule has 3 aromatic carbocycles. The van der Waals surface area contributed by atoms with Crippen LogP contribution in [0.2, 0.25) is 0 Å². The fourth-order valence-corrected chi connectivity index (χ4v) is 3.88.